The molecule has 2 nitrogen and oxygen atoms in total. The minimum atomic E-state index is 0.0347. The van der Waals surface area contributed by atoms with Gasteiger partial charge < -0.3 is 5.32 Å². The summed E-state index contributed by atoms with van der Waals surface area (Å²) in [6, 6.07) is 5.89. The fraction of sp³-hybridized carbons (Fsp3) is 0.300. The lowest BCUT2D eigenvalue weighted by atomic mass is 9.98. The third-order valence-electron chi connectivity index (χ3n) is 2.37. The van der Waals surface area contributed by atoms with Gasteiger partial charge in [0.2, 0.25) is 5.91 Å². The summed E-state index contributed by atoms with van der Waals surface area (Å²) < 4.78 is 1.03. The van der Waals surface area contributed by atoms with Crippen molar-refractivity contribution in [3.8, 4) is 0 Å². The fourth-order valence-corrected chi connectivity index (χ4v) is 2.08. The maximum Gasteiger partial charge on any atom is 0.231 e. The second kappa shape index (κ2) is 3.14. The lowest BCUT2D eigenvalue weighted by molar-refractivity contribution is -0.117. The van der Waals surface area contributed by atoms with Gasteiger partial charge in [0.1, 0.15) is 0 Å². The molecule has 0 spiro atoms. The van der Waals surface area contributed by atoms with Crippen LogP contribution in [0.25, 0.3) is 0 Å². The van der Waals surface area contributed by atoms with Gasteiger partial charge in [-0.2, -0.15) is 0 Å². The molecule has 3 heteroatoms. The molecule has 0 saturated heterocycles. The molecule has 1 aliphatic heterocycles. The minimum absolute atomic E-state index is 0.0347. The first-order valence-corrected chi connectivity index (χ1v) is 5.12. The van der Waals surface area contributed by atoms with Gasteiger partial charge in [-0.1, -0.05) is 22.9 Å². The zero-order chi connectivity index (χ0) is 9.42. The minimum Gasteiger partial charge on any atom is -0.325 e. The number of carbonyl (C=O) groups excluding carboxylic acids is 1. The van der Waals surface area contributed by atoms with E-state index in [0.29, 0.717) is 0 Å². The molecule has 2 rings (SSSR count). The van der Waals surface area contributed by atoms with E-state index >= 15 is 0 Å². The predicted octanol–water partition coefficient (Wildman–Crippen LogP) is 2.89. The lowest BCUT2D eigenvalue weighted by Gasteiger charge is -2.04. The largest absolute Gasteiger partial charge is 0.325 e. The summed E-state index contributed by atoms with van der Waals surface area (Å²) in [5.74, 6) is 0.156. The van der Waals surface area contributed by atoms with Crippen molar-refractivity contribution in [3.05, 3.63) is 28.2 Å². The molecular formula is C10H10BrNO. The van der Waals surface area contributed by atoms with Crippen LogP contribution >= 0.6 is 15.9 Å². The number of hydrogen-bond donors (Lipinski definition) is 1. The number of carbonyl (C=O) groups is 1. The van der Waals surface area contributed by atoms with E-state index in [2.05, 4.69) is 21.2 Å². The van der Waals surface area contributed by atoms with Gasteiger partial charge in [0.25, 0.3) is 0 Å². The number of nitrogens with one attached hydrogen (secondary N) is 1. The maximum absolute atomic E-state index is 11.4. The monoisotopic (exact) mass is 239 g/mol. The number of anilines is 1. The Balaban J connectivity index is 2.50. The zero-order valence-corrected chi connectivity index (χ0v) is 8.89. The van der Waals surface area contributed by atoms with Crippen LogP contribution < -0.4 is 5.32 Å². The van der Waals surface area contributed by atoms with Crippen molar-refractivity contribution in [1.82, 2.24) is 0 Å². The van der Waals surface area contributed by atoms with E-state index in [1.807, 2.05) is 25.1 Å². The molecule has 1 aromatic carbocycles. The Morgan fingerprint density at radius 2 is 2.31 bits per heavy atom. The highest BCUT2D eigenvalue weighted by Gasteiger charge is 2.28. The first-order chi connectivity index (χ1) is 6.22. The molecule has 0 saturated carbocycles. The Hall–Kier alpha value is -0.830. The van der Waals surface area contributed by atoms with Gasteiger partial charge in [0.05, 0.1) is 5.92 Å². The van der Waals surface area contributed by atoms with E-state index in [-0.39, 0.29) is 11.8 Å². The highest BCUT2D eigenvalue weighted by atomic mass is 79.9. The van der Waals surface area contributed by atoms with Crippen LogP contribution in [0, 0.1) is 0 Å². The summed E-state index contributed by atoms with van der Waals surface area (Å²) in [4.78, 5) is 11.4. The smallest absolute Gasteiger partial charge is 0.231 e. The number of halogens is 1. The Labute approximate surface area is 85.5 Å². The van der Waals surface area contributed by atoms with Crippen molar-refractivity contribution in [3.63, 3.8) is 0 Å². The molecule has 68 valence electrons. The summed E-state index contributed by atoms with van der Waals surface area (Å²) in [7, 11) is 0. The molecule has 1 amide bonds. The average Bonchev–Trinajstić information content (AvgIpc) is 2.40. The van der Waals surface area contributed by atoms with Gasteiger partial charge in [-0.3, -0.25) is 4.79 Å². The van der Waals surface area contributed by atoms with Gasteiger partial charge in [0, 0.05) is 10.2 Å². The normalized spacial score (nSPS) is 19.8. The van der Waals surface area contributed by atoms with Crippen LogP contribution in [0.3, 0.4) is 0 Å². The van der Waals surface area contributed by atoms with Crippen molar-refractivity contribution in [1.29, 1.82) is 0 Å². The van der Waals surface area contributed by atoms with Gasteiger partial charge >= 0.3 is 0 Å². The Bertz CT molecular complexity index is 362. The van der Waals surface area contributed by atoms with E-state index in [4.69, 9.17) is 0 Å². The van der Waals surface area contributed by atoms with Crippen molar-refractivity contribution in [2.24, 2.45) is 0 Å². The molecule has 1 aliphatic rings. The highest BCUT2D eigenvalue weighted by Crippen LogP contribution is 2.35. The third kappa shape index (κ3) is 1.37. The van der Waals surface area contributed by atoms with Crippen LogP contribution in [0.15, 0.2) is 22.7 Å². The molecule has 0 aliphatic carbocycles. The maximum atomic E-state index is 11.4. The van der Waals surface area contributed by atoms with Gasteiger partial charge in [-0.05, 0) is 30.2 Å². The molecule has 1 N–H and O–H groups in total. The van der Waals surface area contributed by atoms with Crippen molar-refractivity contribution >= 4 is 27.5 Å². The van der Waals surface area contributed by atoms with Crippen LogP contribution in [0.5, 0.6) is 0 Å². The topological polar surface area (TPSA) is 29.1 Å². The van der Waals surface area contributed by atoms with Crippen molar-refractivity contribution in [2.75, 3.05) is 5.32 Å². The van der Waals surface area contributed by atoms with E-state index in [9.17, 15) is 4.79 Å². The van der Waals surface area contributed by atoms with Crippen LogP contribution in [-0.2, 0) is 4.79 Å². The average molecular weight is 240 g/mol. The number of rotatable bonds is 1. The number of hydrogen-bond acceptors (Lipinski definition) is 1. The van der Waals surface area contributed by atoms with Gasteiger partial charge in [-0.25, -0.2) is 0 Å². The third-order valence-corrected chi connectivity index (χ3v) is 2.86. The Morgan fingerprint density at radius 1 is 1.54 bits per heavy atom. The number of fused-ring (bicyclic) bond motifs is 1. The molecule has 0 aromatic heterocycles. The van der Waals surface area contributed by atoms with Crippen LogP contribution in [0.1, 0.15) is 24.8 Å². The van der Waals surface area contributed by atoms with Crippen LogP contribution in [0.2, 0.25) is 0 Å². The molecule has 13 heavy (non-hydrogen) atoms. The van der Waals surface area contributed by atoms with Crippen LogP contribution in [0.4, 0.5) is 5.69 Å². The molecule has 0 fully saturated rings. The fourth-order valence-electron chi connectivity index (χ4n) is 1.70. The number of benzene rings is 1. The quantitative estimate of drug-likeness (QED) is 0.803. The zero-order valence-electron chi connectivity index (χ0n) is 7.30. The van der Waals surface area contributed by atoms with Gasteiger partial charge in [0.15, 0.2) is 0 Å². The summed E-state index contributed by atoms with van der Waals surface area (Å²) >= 11 is 3.40. The van der Waals surface area contributed by atoms with E-state index in [1.54, 1.807) is 0 Å². The van der Waals surface area contributed by atoms with Crippen molar-refractivity contribution < 1.29 is 4.79 Å². The van der Waals surface area contributed by atoms with E-state index < -0.39 is 0 Å². The standard InChI is InChI=1S/C10H10BrNO/c1-2-7-8-5-6(11)3-4-9(8)12-10(7)13/h3-5,7H,2H2,1H3,(H,12,13)/t7-/m1/s1. The summed E-state index contributed by atoms with van der Waals surface area (Å²) in [5.41, 5.74) is 2.07. The highest BCUT2D eigenvalue weighted by molar-refractivity contribution is 9.10. The summed E-state index contributed by atoms with van der Waals surface area (Å²) in [6.45, 7) is 2.03. The van der Waals surface area contributed by atoms with Gasteiger partial charge in [-0.15, -0.1) is 0 Å². The predicted molar refractivity (Wildman–Crippen MR) is 55.8 cm³/mol. The second-order valence-corrected chi connectivity index (χ2v) is 4.10. The SMILES string of the molecule is CC[C@H]1C(=O)Nc2ccc(Br)cc21. The first kappa shape index (κ1) is 8.75. The van der Waals surface area contributed by atoms with Crippen molar-refractivity contribution in [2.45, 2.75) is 19.3 Å². The molecule has 0 bridgehead atoms. The summed E-state index contributed by atoms with van der Waals surface area (Å²) in [5, 5.41) is 2.87. The molecule has 0 unspecified atom stereocenters. The molecule has 0 radical (unpaired) electrons. The summed E-state index contributed by atoms with van der Waals surface area (Å²) in [6.07, 6.45) is 0.856. The van der Waals surface area contributed by atoms with E-state index in [1.165, 1.54) is 0 Å². The molecule has 1 aromatic rings. The van der Waals surface area contributed by atoms with E-state index in [0.717, 1.165) is 22.1 Å². The second-order valence-electron chi connectivity index (χ2n) is 3.18. The Morgan fingerprint density at radius 3 is 3.00 bits per heavy atom. The Kier molecular flexibility index (Phi) is 2.12. The first-order valence-electron chi connectivity index (χ1n) is 4.32. The lowest BCUT2D eigenvalue weighted by Crippen LogP contribution is -2.10. The number of amides is 1. The molecule has 1 heterocycles. The molecule has 1 atom stereocenters. The van der Waals surface area contributed by atoms with Crippen LogP contribution in [-0.4, -0.2) is 5.91 Å². The molecular weight excluding hydrogens is 230 g/mol.